The number of methoxy groups -OCH3 is 2. The number of nitrogens with one attached hydrogen (secondary N) is 1. The number of hydrogen-bond donors (Lipinski definition) is 1. The first-order chi connectivity index (χ1) is 10.2. The number of ether oxygens (including phenoxy) is 2. The van der Waals surface area contributed by atoms with Crippen LogP contribution in [-0.4, -0.2) is 70.3 Å². The van der Waals surface area contributed by atoms with E-state index in [0.29, 0.717) is 0 Å². The van der Waals surface area contributed by atoms with Crippen molar-refractivity contribution in [3.05, 3.63) is 23.8 Å². The van der Waals surface area contributed by atoms with E-state index in [-0.39, 0.29) is 0 Å². The summed E-state index contributed by atoms with van der Waals surface area (Å²) in [5.41, 5.74) is 1.13. The van der Waals surface area contributed by atoms with Crippen LogP contribution >= 0.6 is 0 Å². The van der Waals surface area contributed by atoms with E-state index in [1.807, 2.05) is 18.2 Å². The molecule has 5 heteroatoms. The van der Waals surface area contributed by atoms with Crippen LogP contribution in [0.2, 0.25) is 0 Å². The van der Waals surface area contributed by atoms with Gasteiger partial charge in [-0.25, -0.2) is 0 Å². The maximum atomic E-state index is 5.39. The molecule has 1 aromatic rings. The Bertz CT molecular complexity index is 432. The Morgan fingerprint density at radius 1 is 1.10 bits per heavy atom. The smallest absolute Gasteiger partial charge is 0.123 e. The fourth-order valence-electron chi connectivity index (χ4n) is 2.55. The van der Waals surface area contributed by atoms with Crippen molar-refractivity contribution in [2.24, 2.45) is 0 Å². The number of hydrogen-bond acceptors (Lipinski definition) is 5. The molecule has 0 unspecified atom stereocenters. The molecule has 2 rings (SSSR count). The number of benzene rings is 1. The van der Waals surface area contributed by atoms with Gasteiger partial charge in [0.15, 0.2) is 0 Å². The van der Waals surface area contributed by atoms with Gasteiger partial charge in [-0.3, -0.25) is 4.90 Å². The monoisotopic (exact) mass is 293 g/mol. The van der Waals surface area contributed by atoms with Gasteiger partial charge < -0.3 is 19.7 Å². The summed E-state index contributed by atoms with van der Waals surface area (Å²) < 4.78 is 10.7. The topological polar surface area (TPSA) is 37.0 Å². The van der Waals surface area contributed by atoms with E-state index < -0.39 is 0 Å². The van der Waals surface area contributed by atoms with E-state index >= 15 is 0 Å². The van der Waals surface area contributed by atoms with Crippen LogP contribution < -0.4 is 14.8 Å². The van der Waals surface area contributed by atoms with Crippen LogP contribution in [0, 0.1) is 0 Å². The van der Waals surface area contributed by atoms with Crippen molar-refractivity contribution in [1.82, 2.24) is 15.1 Å². The molecule has 1 aliphatic rings. The largest absolute Gasteiger partial charge is 0.497 e. The van der Waals surface area contributed by atoms with Crippen molar-refractivity contribution in [3.63, 3.8) is 0 Å². The van der Waals surface area contributed by atoms with Gasteiger partial charge in [-0.05, 0) is 25.2 Å². The summed E-state index contributed by atoms with van der Waals surface area (Å²) in [4.78, 5) is 4.89. The molecule has 5 nitrogen and oxygen atoms in total. The van der Waals surface area contributed by atoms with E-state index in [1.165, 1.54) is 26.2 Å². The molecule has 1 N–H and O–H groups in total. The molecule has 0 atom stereocenters. The zero-order valence-electron chi connectivity index (χ0n) is 13.4. The standard InChI is InChI=1S/C16H27N3O2/c1-18-8-10-19(11-9-18)7-6-17-13-14-12-15(20-2)4-5-16(14)21-3/h4-5,12,17H,6-11,13H2,1-3H3. The van der Waals surface area contributed by atoms with Crippen molar-refractivity contribution in [2.45, 2.75) is 6.54 Å². The summed E-state index contributed by atoms with van der Waals surface area (Å²) in [5.74, 6) is 1.77. The van der Waals surface area contributed by atoms with Gasteiger partial charge in [0, 0.05) is 51.4 Å². The lowest BCUT2D eigenvalue weighted by Crippen LogP contribution is -2.46. The van der Waals surface area contributed by atoms with Crippen molar-refractivity contribution in [1.29, 1.82) is 0 Å². The van der Waals surface area contributed by atoms with Gasteiger partial charge in [0.25, 0.3) is 0 Å². The number of nitrogens with zero attached hydrogens (tertiary/aromatic N) is 2. The molecule has 0 amide bonds. The average Bonchev–Trinajstić information content (AvgIpc) is 2.53. The Hall–Kier alpha value is -1.30. The fraction of sp³-hybridized carbons (Fsp3) is 0.625. The van der Waals surface area contributed by atoms with Gasteiger partial charge >= 0.3 is 0 Å². The lowest BCUT2D eigenvalue weighted by atomic mass is 10.2. The second-order valence-electron chi connectivity index (χ2n) is 5.50. The average molecular weight is 293 g/mol. The Morgan fingerprint density at radius 3 is 2.52 bits per heavy atom. The molecule has 1 aliphatic heterocycles. The zero-order valence-corrected chi connectivity index (χ0v) is 13.4. The first-order valence-corrected chi connectivity index (χ1v) is 7.55. The van der Waals surface area contributed by atoms with E-state index in [4.69, 9.17) is 9.47 Å². The summed E-state index contributed by atoms with van der Waals surface area (Å²) in [6, 6.07) is 5.91. The fourth-order valence-corrected chi connectivity index (χ4v) is 2.55. The highest BCUT2D eigenvalue weighted by Gasteiger charge is 2.12. The molecule has 1 saturated heterocycles. The molecule has 0 bridgehead atoms. The first-order valence-electron chi connectivity index (χ1n) is 7.55. The summed E-state index contributed by atoms with van der Waals surface area (Å²) >= 11 is 0. The van der Waals surface area contributed by atoms with Crippen LogP contribution in [0.25, 0.3) is 0 Å². The maximum Gasteiger partial charge on any atom is 0.123 e. The molecule has 118 valence electrons. The Kier molecular flexibility index (Phi) is 6.29. The molecule has 1 aromatic carbocycles. The van der Waals surface area contributed by atoms with E-state index in [9.17, 15) is 0 Å². The third-order valence-electron chi connectivity index (χ3n) is 4.00. The van der Waals surface area contributed by atoms with Gasteiger partial charge in [0.1, 0.15) is 11.5 Å². The molecular weight excluding hydrogens is 266 g/mol. The maximum absolute atomic E-state index is 5.39. The lowest BCUT2D eigenvalue weighted by Gasteiger charge is -2.32. The molecule has 0 radical (unpaired) electrons. The number of likely N-dealkylation sites (N-methyl/N-ethyl adjacent to an activating group) is 1. The highest BCUT2D eigenvalue weighted by atomic mass is 16.5. The van der Waals surface area contributed by atoms with Crippen LogP contribution in [0.3, 0.4) is 0 Å². The van der Waals surface area contributed by atoms with Gasteiger partial charge in [-0.1, -0.05) is 0 Å². The molecular formula is C16H27N3O2. The Labute approximate surface area is 127 Å². The highest BCUT2D eigenvalue weighted by Crippen LogP contribution is 2.23. The minimum atomic E-state index is 0.800. The molecule has 0 aliphatic carbocycles. The molecule has 0 aromatic heterocycles. The Morgan fingerprint density at radius 2 is 1.86 bits per heavy atom. The summed E-state index contributed by atoms with van der Waals surface area (Å²) in [5, 5.41) is 3.50. The molecule has 21 heavy (non-hydrogen) atoms. The first kappa shape index (κ1) is 16.1. The minimum Gasteiger partial charge on any atom is -0.497 e. The normalized spacial score (nSPS) is 16.9. The van der Waals surface area contributed by atoms with E-state index in [2.05, 4.69) is 22.2 Å². The predicted octanol–water partition coefficient (Wildman–Crippen LogP) is 1.04. The second-order valence-corrected chi connectivity index (χ2v) is 5.50. The van der Waals surface area contributed by atoms with Crippen LogP contribution in [0.5, 0.6) is 11.5 Å². The summed E-state index contributed by atoms with van der Waals surface area (Å²) in [6.07, 6.45) is 0. The van der Waals surface area contributed by atoms with Crippen molar-refractivity contribution >= 4 is 0 Å². The predicted molar refractivity (Wildman–Crippen MR) is 85.2 cm³/mol. The molecule has 1 fully saturated rings. The third kappa shape index (κ3) is 4.88. The lowest BCUT2D eigenvalue weighted by molar-refractivity contribution is 0.154. The van der Waals surface area contributed by atoms with Crippen LogP contribution in [-0.2, 0) is 6.54 Å². The van der Waals surface area contributed by atoms with E-state index in [1.54, 1.807) is 14.2 Å². The zero-order chi connectivity index (χ0) is 15.1. The molecule has 0 saturated carbocycles. The van der Waals surface area contributed by atoms with Crippen molar-refractivity contribution in [2.75, 3.05) is 60.5 Å². The SMILES string of the molecule is COc1ccc(OC)c(CNCCN2CCN(C)CC2)c1. The Balaban J connectivity index is 1.75. The van der Waals surface area contributed by atoms with E-state index in [0.717, 1.165) is 36.7 Å². The molecule has 0 spiro atoms. The van der Waals surface area contributed by atoms with Gasteiger partial charge in [0.2, 0.25) is 0 Å². The number of rotatable bonds is 7. The van der Waals surface area contributed by atoms with Crippen LogP contribution in [0.15, 0.2) is 18.2 Å². The second kappa shape index (κ2) is 8.22. The van der Waals surface area contributed by atoms with Gasteiger partial charge in [-0.2, -0.15) is 0 Å². The summed E-state index contributed by atoms with van der Waals surface area (Å²) in [7, 11) is 5.58. The molecule has 1 heterocycles. The minimum absolute atomic E-state index is 0.800. The highest BCUT2D eigenvalue weighted by molar-refractivity contribution is 5.40. The quantitative estimate of drug-likeness (QED) is 0.760. The van der Waals surface area contributed by atoms with Gasteiger partial charge in [0.05, 0.1) is 14.2 Å². The van der Waals surface area contributed by atoms with Crippen LogP contribution in [0.4, 0.5) is 0 Å². The van der Waals surface area contributed by atoms with Crippen molar-refractivity contribution in [3.8, 4) is 11.5 Å². The van der Waals surface area contributed by atoms with Gasteiger partial charge in [-0.15, -0.1) is 0 Å². The van der Waals surface area contributed by atoms with Crippen molar-refractivity contribution < 1.29 is 9.47 Å². The van der Waals surface area contributed by atoms with Crippen LogP contribution in [0.1, 0.15) is 5.56 Å². The number of piperazine rings is 1. The third-order valence-corrected chi connectivity index (χ3v) is 4.00. The summed E-state index contributed by atoms with van der Waals surface area (Å²) in [6.45, 7) is 7.56.